The topological polar surface area (TPSA) is 108 Å². The molecular weight excluding hydrogens is 274 g/mol. The lowest BCUT2D eigenvalue weighted by Crippen LogP contribution is -2.65. The standard InChI is InChI=1S/C11H15NO6S/c1-7(2)11(15)5-12(6-11)19(16,17)9-4-3-8(18-9)10(13)14/h3-4,7,15H,5-6H2,1-2H3,(H,13,14). The molecule has 7 nitrogen and oxygen atoms in total. The maximum Gasteiger partial charge on any atom is 0.371 e. The molecule has 0 amide bonds. The number of β-amino-alcohol motifs (C(OH)–C–C–N with tert-alkyl or cyclic N) is 1. The van der Waals surface area contributed by atoms with Crippen LogP contribution in [-0.2, 0) is 10.0 Å². The van der Waals surface area contributed by atoms with E-state index in [0.717, 1.165) is 16.4 Å². The van der Waals surface area contributed by atoms with Crippen molar-refractivity contribution in [2.45, 2.75) is 24.5 Å². The molecule has 0 aromatic carbocycles. The van der Waals surface area contributed by atoms with Gasteiger partial charge in [0, 0.05) is 13.1 Å². The molecule has 2 rings (SSSR count). The molecule has 0 aliphatic carbocycles. The smallest absolute Gasteiger partial charge is 0.371 e. The van der Waals surface area contributed by atoms with Gasteiger partial charge in [-0.05, 0) is 18.1 Å². The third-order valence-corrected chi connectivity index (χ3v) is 5.03. The lowest BCUT2D eigenvalue weighted by molar-refractivity contribution is -0.0936. The number of rotatable bonds is 4. The number of aliphatic hydroxyl groups is 1. The maximum absolute atomic E-state index is 12.1. The molecular formula is C11H15NO6S. The Morgan fingerprint density at radius 1 is 1.42 bits per heavy atom. The number of carboxylic acid groups (broad SMARTS) is 1. The van der Waals surface area contributed by atoms with Gasteiger partial charge in [0.15, 0.2) is 0 Å². The predicted octanol–water partition coefficient (Wildman–Crippen LogP) is 0.369. The van der Waals surface area contributed by atoms with Crippen LogP contribution in [0.1, 0.15) is 24.4 Å². The van der Waals surface area contributed by atoms with Gasteiger partial charge in [-0.15, -0.1) is 0 Å². The quantitative estimate of drug-likeness (QED) is 0.829. The van der Waals surface area contributed by atoms with E-state index in [1.807, 2.05) is 0 Å². The van der Waals surface area contributed by atoms with E-state index < -0.39 is 32.4 Å². The first kappa shape index (κ1) is 14.0. The summed E-state index contributed by atoms with van der Waals surface area (Å²) in [5, 5.41) is 18.3. The van der Waals surface area contributed by atoms with Crippen LogP contribution in [0.4, 0.5) is 0 Å². The minimum atomic E-state index is -3.88. The van der Waals surface area contributed by atoms with Gasteiger partial charge < -0.3 is 14.6 Å². The molecule has 2 N–H and O–H groups in total. The Labute approximate surface area is 110 Å². The zero-order valence-electron chi connectivity index (χ0n) is 10.5. The minimum Gasteiger partial charge on any atom is -0.475 e. The molecule has 0 bridgehead atoms. The van der Waals surface area contributed by atoms with E-state index in [-0.39, 0.29) is 19.0 Å². The van der Waals surface area contributed by atoms with E-state index in [9.17, 15) is 18.3 Å². The maximum atomic E-state index is 12.1. The molecule has 19 heavy (non-hydrogen) atoms. The fraction of sp³-hybridized carbons (Fsp3) is 0.545. The average Bonchev–Trinajstić information content (AvgIpc) is 2.73. The summed E-state index contributed by atoms with van der Waals surface area (Å²) in [6, 6.07) is 2.19. The lowest BCUT2D eigenvalue weighted by Gasteiger charge is -2.47. The zero-order chi connectivity index (χ0) is 14.4. The Morgan fingerprint density at radius 2 is 2.00 bits per heavy atom. The third kappa shape index (κ3) is 2.26. The Bertz CT molecular complexity index is 596. The van der Waals surface area contributed by atoms with Crippen molar-refractivity contribution >= 4 is 16.0 Å². The molecule has 1 aliphatic rings. The fourth-order valence-electron chi connectivity index (χ4n) is 1.80. The van der Waals surface area contributed by atoms with Crippen molar-refractivity contribution in [2.24, 2.45) is 5.92 Å². The van der Waals surface area contributed by atoms with Crippen LogP contribution in [0.2, 0.25) is 0 Å². The average molecular weight is 289 g/mol. The molecule has 0 unspecified atom stereocenters. The normalized spacial score (nSPS) is 19.4. The molecule has 1 aromatic rings. The highest BCUT2D eigenvalue weighted by atomic mass is 32.2. The van der Waals surface area contributed by atoms with Crippen LogP contribution in [0.5, 0.6) is 0 Å². The van der Waals surface area contributed by atoms with Crippen molar-refractivity contribution in [1.29, 1.82) is 0 Å². The lowest BCUT2D eigenvalue weighted by atomic mass is 9.85. The van der Waals surface area contributed by atoms with Crippen molar-refractivity contribution in [2.75, 3.05) is 13.1 Å². The molecule has 8 heteroatoms. The molecule has 1 aromatic heterocycles. The van der Waals surface area contributed by atoms with Gasteiger partial charge in [-0.3, -0.25) is 0 Å². The fourth-order valence-corrected chi connectivity index (χ4v) is 3.28. The number of hydrogen-bond acceptors (Lipinski definition) is 5. The second kappa shape index (κ2) is 4.32. The summed E-state index contributed by atoms with van der Waals surface area (Å²) in [6.45, 7) is 3.57. The van der Waals surface area contributed by atoms with Gasteiger partial charge in [-0.2, -0.15) is 4.31 Å². The summed E-state index contributed by atoms with van der Waals surface area (Å²) in [6.07, 6.45) is 0. The van der Waals surface area contributed by atoms with Gasteiger partial charge in [0.05, 0.1) is 5.60 Å². The third-order valence-electron chi connectivity index (χ3n) is 3.36. The first-order valence-electron chi connectivity index (χ1n) is 5.72. The van der Waals surface area contributed by atoms with Gasteiger partial charge in [-0.1, -0.05) is 13.8 Å². The van der Waals surface area contributed by atoms with Crippen molar-refractivity contribution in [3.05, 3.63) is 17.9 Å². The summed E-state index contributed by atoms with van der Waals surface area (Å²) in [4.78, 5) is 10.6. The zero-order valence-corrected chi connectivity index (χ0v) is 11.3. The van der Waals surface area contributed by atoms with Crippen molar-refractivity contribution in [1.82, 2.24) is 4.31 Å². The Balaban J connectivity index is 2.18. The molecule has 1 aliphatic heterocycles. The highest BCUT2D eigenvalue weighted by Crippen LogP contribution is 2.33. The van der Waals surface area contributed by atoms with Gasteiger partial charge in [0.25, 0.3) is 10.0 Å². The summed E-state index contributed by atoms with van der Waals surface area (Å²) >= 11 is 0. The molecule has 0 spiro atoms. The van der Waals surface area contributed by atoms with Gasteiger partial charge in [0.2, 0.25) is 10.9 Å². The number of furan rings is 1. The Hall–Kier alpha value is -1.38. The van der Waals surface area contributed by atoms with Gasteiger partial charge in [-0.25, -0.2) is 13.2 Å². The monoisotopic (exact) mass is 289 g/mol. The van der Waals surface area contributed by atoms with Crippen LogP contribution in [0.25, 0.3) is 0 Å². The van der Waals surface area contributed by atoms with Crippen molar-refractivity contribution in [3.8, 4) is 0 Å². The summed E-state index contributed by atoms with van der Waals surface area (Å²) in [7, 11) is -3.88. The van der Waals surface area contributed by atoms with E-state index in [0.29, 0.717) is 0 Å². The van der Waals surface area contributed by atoms with E-state index in [1.54, 1.807) is 13.8 Å². The minimum absolute atomic E-state index is 0.0178. The summed E-state index contributed by atoms with van der Waals surface area (Å²) in [5.41, 5.74) is -1.03. The summed E-state index contributed by atoms with van der Waals surface area (Å²) < 4.78 is 30.0. The highest BCUT2D eigenvalue weighted by molar-refractivity contribution is 7.89. The number of carbonyl (C=O) groups is 1. The Morgan fingerprint density at radius 3 is 2.42 bits per heavy atom. The molecule has 0 atom stereocenters. The van der Waals surface area contributed by atoms with Crippen LogP contribution in [-0.4, -0.2) is 47.6 Å². The second-order valence-corrected chi connectivity index (χ2v) is 6.82. The van der Waals surface area contributed by atoms with Crippen LogP contribution in [0.3, 0.4) is 0 Å². The summed E-state index contributed by atoms with van der Waals surface area (Å²) in [5.74, 6) is -1.83. The van der Waals surface area contributed by atoms with E-state index >= 15 is 0 Å². The van der Waals surface area contributed by atoms with E-state index in [2.05, 4.69) is 0 Å². The van der Waals surface area contributed by atoms with Crippen LogP contribution in [0, 0.1) is 5.92 Å². The molecule has 106 valence electrons. The van der Waals surface area contributed by atoms with Crippen molar-refractivity contribution < 1.29 is 27.8 Å². The van der Waals surface area contributed by atoms with Crippen LogP contribution >= 0.6 is 0 Å². The van der Waals surface area contributed by atoms with Gasteiger partial charge in [0.1, 0.15) is 0 Å². The number of sulfonamides is 1. The number of aromatic carboxylic acids is 1. The first-order chi connectivity index (χ1) is 8.67. The molecule has 0 radical (unpaired) electrons. The molecule has 1 fully saturated rings. The number of hydrogen-bond donors (Lipinski definition) is 2. The van der Waals surface area contributed by atoms with E-state index in [4.69, 9.17) is 9.52 Å². The largest absolute Gasteiger partial charge is 0.475 e. The molecule has 2 heterocycles. The van der Waals surface area contributed by atoms with Crippen molar-refractivity contribution in [3.63, 3.8) is 0 Å². The van der Waals surface area contributed by atoms with Crippen LogP contribution < -0.4 is 0 Å². The van der Waals surface area contributed by atoms with Crippen LogP contribution in [0.15, 0.2) is 21.6 Å². The molecule has 0 saturated carbocycles. The SMILES string of the molecule is CC(C)C1(O)CN(S(=O)(=O)c2ccc(C(=O)O)o2)C1. The van der Waals surface area contributed by atoms with Gasteiger partial charge >= 0.3 is 5.97 Å². The Kier molecular flexibility index (Phi) is 3.20. The molecule has 1 saturated heterocycles. The second-order valence-electron chi connectivity index (χ2n) is 4.96. The predicted molar refractivity (Wildman–Crippen MR) is 64.2 cm³/mol. The highest BCUT2D eigenvalue weighted by Gasteiger charge is 2.49. The number of carboxylic acids is 1. The van der Waals surface area contributed by atoms with E-state index in [1.165, 1.54) is 0 Å². The first-order valence-corrected chi connectivity index (χ1v) is 7.16. The number of nitrogens with zero attached hydrogens (tertiary/aromatic N) is 1.